The van der Waals surface area contributed by atoms with Crippen LogP contribution in [0, 0.1) is 6.92 Å². The molecule has 0 aromatic carbocycles. The minimum absolute atomic E-state index is 0.283. The van der Waals surface area contributed by atoms with Gasteiger partial charge in [0.15, 0.2) is 0 Å². The fourth-order valence-corrected chi connectivity index (χ4v) is 4.81. The molecule has 2 N–H and O–H groups in total. The predicted octanol–water partition coefficient (Wildman–Crippen LogP) is 2.49. The second-order valence-electron chi connectivity index (χ2n) is 4.93. The molecule has 0 saturated carbocycles. The van der Waals surface area contributed by atoms with Gasteiger partial charge in [0.25, 0.3) is 0 Å². The summed E-state index contributed by atoms with van der Waals surface area (Å²) in [6.45, 7) is 6.99. The number of thiophene rings is 1. The first-order valence-electron chi connectivity index (χ1n) is 6.60. The van der Waals surface area contributed by atoms with Crippen LogP contribution in [0.2, 0.25) is 0 Å². The molecule has 8 heteroatoms. The summed E-state index contributed by atoms with van der Waals surface area (Å²) >= 11 is 2.79. The number of sulfonamides is 1. The van der Waals surface area contributed by atoms with E-state index in [1.165, 1.54) is 22.7 Å². The average Bonchev–Trinajstić information content (AvgIpc) is 3.03. The third-order valence-corrected chi connectivity index (χ3v) is 6.58. The van der Waals surface area contributed by atoms with Crippen molar-refractivity contribution in [3.8, 4) is 0 Å². The van der Waals surface area contributed by atoms with Crippen LogP contribution >= 0.6 is 22.7 Å². The molecule has 0 atom stereocenters. The molecule has 116 valence electrons. The zero-order chi connectivity index (χ0) is 15.5. The fraction of sp³-hybridized carbons (Fsp3) is 0.462. The Labute approximate surface area is 133 Å². The monoisotopic (exact) mass is 345 g/mol. The van der Waals surface area contributed by atoms with Crippen LogP contribution in [0.5, 0.6) is 0 Å². The summed E-state index contributed by atoms with van der Waals surface area (Å²) in [4.78, 5) is 6.04. The number of hydrogen-bond acceptors (Lipinski definition) is 6. The van der Waals surface area contributed by atoms with Crippen LogP contribution in [0.25, 0.3) is 0 Å². The van der Waals surface area contributed by atoms with Gasteiger partial charge in [0.2, 0.25) is 10.0 Å². The van der Waals surface area contributed by atoms with Gasteiger partial charge in [-0.1, -0.05) is 13.8 Å². The molecule has 0 fully saturated rings. The fourth-order valence-electron chi connectivity index (χ4n) is 1.63. The first-order chi connectivity index (χ1) is 9.87. The molecule has 2 rings (SSSR count). The second kappa shape index (κ2) is 6.97. The lowest BCUT2D eigenvalue weighted by Gasteiger charge is -2.05. The topological polar surface area (TPSA) is 71.1 Å². The van der Waals surface area contributed by atoms with Crippen molar-refractivity contribution in [2.45, 2.75) is 44.1 Å². The standard InChI is InChI=1S/C13H19N3O2S3/c1-9(2)14-6-11-4-5-13(20-11)21(17,18)16-8-12-7-15-10(3)19-12/h4-5,7,9,14,16H,6,8H2,1-3H3. The quantitative estimate of drug-likeness (QED) is 0.809. The van der Waals surface area contributed by atoms with Gasteiger partial charge in [0.1, 0.15) is 4.21 Å². The van der Waals surface area contributed by atoms with Crippen LogP contribution < -0.4 is 10.0 Å². The van der Waals surface area contributed by atoms with E-state index in [1.807, 2.05) is 13.0 Å². The zero-order valence-electron chi connectivity index (χ0n) is 12.2. The first kappa shape index (κ1) is 16.6. The zero-order valence-corrected chi connectivity index (χ0v) is 14.7. The van der Waals surface area contributed by atoms with Crippen molar-refractivity contribution >= 4 is 32.7 Å². The van der Waals surface area contributed by atoms with Crippen LogP contribution in [-0.4, -0.2) is 19.4 Å². The Hall–Kier alpha value is -0.800. The summed E-state index contributed by atoms with van der Waals surface area (Å²) in [5.74, 6) is 0. The molecule has 0 aliphatic carbocycles. The summed E-state index contributed by atoms with van der Waals surface area (Å²) in [7, 11) is -3.45. The lowest BCUT2D eigenvalue weighted by molar-refractivity contribution is 0.584. The van der Waals surface area contributed by atoms with E-state index in [2.05, 4.69) is 28.9 Å². The van der Waals surface area contributed by atoms with Crippen molar-refractivity contribution in [2.75, 3.05) is 0 Å². The Morgan fingerprint density at radius 2 is 1.95 bits per heavy atom. The predicted molar refractivity (Wildman–Crippen MR) is 87.2 cm³/mol. The number of rotatable bonds is 7. The summed E-state index contributed by atoms with van der Waals surface area (Å²) in [5, 5.41) is 4.21. The molecule has 5 nitrogen and oxygen atoms in total. The number of nitrogens with one attached hydrogen (secondary N) is 2. The number of thiazole rings is 1. The summed E-state index contributed by atoms with van der Waals surface area (Å²) < 4.78 is 27.4. The molecule has 0 aliphatic rings. The molecule has 0 radical (unpaired) electrons. The second-order valence-corrected chi connectivity index (χ2v) is 9.41. The molecule has 21 heavy (non-hydrogen) atoms. The summed E-state index contributed by atoms with van der Waals surface area (Å²) in [5.41, 5.74) is 0. The van der Waals surface area contributed by atoms with E-state index >= 15 is 0 Å². The molecule has 0 saturated heterocycles. The van der Waals surface area contributed by atoms with Gasteiger partial charge in [-0.3, -0.25) is 0 Å². The van der Waals surface area contributed by atoms with E-state index in [0.29, 0.717) is 16.8 Å². The molecule has 0 unspecified atom stereocenters. The van der Waals surface area contributed by atoms with Gasteiger partial charge in [-0.05, 0) is 19.1 Å². The Kier molecular flexibility index (Phi) is 5.50. The van der Waals surface area contributed by atoms with Gasteiger partial charge < -0.3 is 5.32 Å². The molecular weight excluding hydrogens is 326 g/mol. The maximum Gasteiger partial charge on any atom is 0.250 e. The normalized spacial score (nSPS) is 12.2. The van der Waals surface area contributed by atoms with Gasteiger partial charge in [0, 0.05) is 35.1 Å². The molecule has 0 bridgehead atoms. The Bertz CT molecular complexity index is 689. The van der Waals surface area contributed by atoms with E-state index < -0.39 is 10.0 Å². The molecule has 0 aliphatic heterocycles. The van der Waals surface area contributed by atoms with Crippen molar-refractivity contribution in [3.05, 3.63) is 33.1 Å². The molecular formula is C13H19N3O2S3. The minimum Gasteiger partial charge on any atom is -0.310 e. The Balaban J connectivity index is 1.99. The van der Waals surface area contributed by atoms with Crippen LogP contribution in [0.3, 0.4) is 0 Å². The molecule has 0 spiro atoms. The number of aryl methyl sites for hydroxylation is 1. The Morgan fingerprint density at radius 1 is 1.19 bits per heavy atom. The van der Waals surface area contributed by atoms with Crippen LogP contribution in [-0.2, 0) is 23.1 Å². The van der Waals surface area contributed by atoms with Crippen LogP contribution in [0.4, 0.5) is 0 Å². The number of nitrogens with zero attached hydrogens (tertiary/aromatic N) is 1. The SMILES string of the molecule is Cc1ncc(CNS(=O)(=O)c2ccc(CNC(C)C)s2)s1. The highest BCUT2D eigenvalue weighted by atomic mass is 32.2. The molecule has 2 aromatic heterocycles. The highest BCUT2D eigenvalue weighted by Crippen LogP contribution is 2.22. The molecule has 2 aromatic rings. The number of aromatic nitrogens is 1. The van der Waals surface area contributed by atoms with Crippen molar-refractivity contribution in [2.24, 2.45) is 0 Å². The van der Waals surface area contributed by atoms with Crippen LogP contribution in [0.1, 0.15) is 28.6 Å². The smallest absolute Gasteiger partial charge is 0.250 e. The first-order valence-corrected chi connectivity index (χ1v) is 9.71. The summed E-state index contributed by atoms with van der Waals surface area (Å²) in [6, 6.07) is 3.88. The highest BCUT2D eigenvalue weighted by molar-refractivity contribution is 7.91. The molecule has 0 amide bonds. The van der Waals surface area contributed by atoms with Crippen LogP contribution in [0.15, 0.2) is 22.5 Å². The maximum absolute atomic E-state index is 12.2. The maximum atomic E-state index is 12.2. The largest absolute Gasteiger partial charge is 0.310 e. The minimum atomic E-state index is -3.45. The van der Waals surface area contributed by atoms with E-state index in [-0.39, 0.29) is 6.54 Å². The highest BCUT2D eigenvalue weighted by Gasteiger charge is 2.17. The lowest BCUT2D eigenvalue weighted by atomic mass is 10.4. The van der Waals surface area contributed by atoms with E-state index in [9.17, 15) is 8.42 Å². The lowest BCUT2D eigenvalue weighted by Crippen LogP contribution is -2.22. The van der Waals surface area contributed by atoms with Crippen molar-refractivity contribution in [3.63, 3.8) is 0 Å². The Morgan fingerprint density at radius 3 is 2.57 bits per heavy atom. The third kappa shape index (κ3) is 4.86. The molecule has 2 heterocycles. The summed E-state index contributed by atoms with van der Waals surface area (Å²) in [6.07, 6.45) is 1.70. The average molecular weight is 346 g/mol. The van der Waals surface area contributed by atoms with E-state index in [4.69, 9.17) is 0 Å². The van der Waals surface area contributed by atoms with Gasteiger partial charge in [-0.2, -0.15) is 0 Å². The van der Waals surface area contributed by atoms with Gasteiger partial charge in [-0.25, -0.2) is 18.1 Å². The van der Waals surface area contributed by atoms with E-state index in [0.717, 1.165) is 14.8 Å². The van der Waals surface area contributed by atoms with Gasteiger partial charge in [0.05, 0.1) is 5.01 Å². The van der Waals surface area contributed by atoms with Crippen molar-refractivity contribution in [1.29, 1.82) is 0 Å². The third-order valence-electron chi connectivity index (χ3n) is 2.69. The van der Waals surface area contributed by atoms with Crippen molar-refractivity contribution in [1.82, 2.24) is 15.0 Å². The van der Waals surface area contributed by atoms with Crippen molar-refractivity contribution < 1.29 is 8.42 Å². The van der Waals surface area contributed by atoms with Gasteiger partial charge >= 0.3 is 0 Å². The van der Waals surface area contributed by atoms with Gasteiger partial charge in [-0.15, -0.1) is 22.7 Å². The number of hydrogen-bond donors (Lipinski definition) is 2. The van der Waals surface area contributed by atoms with E-state index in [1.54, 1.807) is 12.3 Å².